The van der Waals surface area contributed by atoms with Crippen LogP contribution in [0, 0.1) is 0 Å². The van der Waals surface area contributed by atoms with Crippen LogP contribution < -0.4 is 10.1 Å². The summed E-state index contributed by atoms with van der Waals surface area (Å²) in [7, 11) is 1.59. The summed E-state index contributed by atoms with van der Waals surface area (Å²) in [6.45, 7) is 4.21. The second kappa shape index (κ2) is 5.41. The number of aliphatic hydroxyl groups is 1. The van der Waals surface area contributed by atoms with Gasteiger partial charge in [-0.15, -0.1) is 0 Å². The first-order valence-electron chi connectivity index (χ1n) is 5.21. The van der Waals surface area contributed by atoms with Gasteiger partial charge in [0.15, 0.2) is 0 Å². The number of anilines is 1. The molecule has 1 aromatic rings. The van der Waals surface area contributed by atoms with Crippen molar-refractivity contribution in [2.75, 3.05) is 19.0 Å². The van der Waals surface area contributed by atoms with Crippen LogP contribution in [0.5, 0.6) is 5.75 Å². The first-order valence-corrected chi connectivity index (χ1v) is 5.59. The van der Waals surface area contributed by atoms with Crippen molar-refractivity contribution in [1.29, 1.82) is 0 Å². The van der Waals surface area contributed by atoms with E-state index in [2.05, 4.69) is 5.32 Å². The van der Waals surface area contributed by atoms with E-state index < -0.39 is 0 Å². The zero-order valence-corrected chi connectivity index (χ0v) is 10.6. The van der Waals surface area contributed by atoms with Gasteiger partial charge in [-0.25, -0.2) is 0 Å². The van der Waals surface area contributed by atoms with E-state index in [1.54, 1.807) is 7.11 Å². The van der Waals surface area contributed by atoms with Crippen molar-refractivity contribution in [1.82, 2.24) is 0 Å². The maximum absolute atomic E-state index is 8.93. The van der Waals surface area contributed by atoms with Gasteiger partial charge in [-0.1, -0.05) is 11.6 Å². The van der Waals surface area contributed by atoms with Crippen LogP contribution in [0.2, 0.25) is 5.02 Å². The molecule has 0 saturated heterocycles. The molecule has 0 aliphatic rings. The lowest BCUT2D eigenvalue weighted by molar-refractivity contribution is 0.261. The zero-order chi connectivity index (χ0) is 12.2. The standard InChI is InChI=1S/C12H18ClNO2/c1-12(2,6-7-15)14-9-4-5-11(16-3)10(13)8-9/h4-5,8,14-15H,6-7H2,1-3H3. The third kappa shape index (κ3) is 3.58. The molecule has 0 aromatic heterocycles. The summed E-state index contributed by atoms with van der Waals surface area (Å²) < 4.78 is 5.08. The molecule has 0 spiro atoms. The van der Waals surface area contributed by atoms with Gasteiger partial charge in [0.1, 0.15) is 5.75 Å². The minimum absolute atomic E-state index is 0.157. The van der Waals surface area contributed by atoms with Gasteiger partial charge < -0.3 is 15.2 Å². The lowest BCUT2D eigenvalue weighted by Gasteiger charge is -2.27. The molecule has 1 aromatic carbocycles. The summed E-state index contributed by atoms with van der Waals surface area (Å²) in [6, 6.07) is 5.54. The number of rotatable bonds is 5. The van der Waals surface area contributed by atoms with Crippen molar-refractivity contribution in [2.24, 2.45) is 0 Å². The highest BCUT2D eigenvalue weighted by Gasteiger charge is 2.16. The largest absolute Gasteiger partial charge is 0.495 e. The van der Waals surface area contributed by atoms with Gasteiger partial charge in [0, 0.05) is 17.8 Å². The number of halogens is 1. The second-order valence-electron chi connectivity index (χ2n) is 4.33. The van der Waals surface area contributed by atoms with Crippen molar-refractivity contribution >= 4 is 17.3 Å². The summed E-state index contributed by atoms with van der Waals surface area (Å²) in [5.41, 5.74) is 0.761. The maximum atomic E-state index is 8.93. The normalized spacial score (nSPS) is 11.3. The summed E-state index contributed by atoms with van der Waals surface area (Å²) in [5, 5.41) is 12.8. The van der Waals surface area contributed by atoms with Crippen LogP contribution in [0.15, 0.2) is 18.2 Å². The summed E-state index contributed by atoms with van der Waals surface area (Å²) >= 11 is 6.02. The van der Waals surface area contributed by atoms with Gasteiger partial charge in [0.2, 0.25) is 0 Å². The van der Waals surface area contributed by atoms with Crippen LogP contribution in [0.4, 0.5) is 5.69 Å². The molecular formula is C12H18ClNO2. The van der Waals surface area contributed by atoms with Crippen LogP contribution in [0.3, 0.4) is 0 Å². The van der Waals surface area contributed by atoms with E-state index in [-0.39, 0.29) is 12.1 Å². The Balaban J connectivity index is 2.78. The Morgan fingerprint density at radius 1 is 1.44 bits per heavy atom. The van der Waals surface area contributed by atoms with Gasteiger partial charge in [-0.2, -0.15) is 0 Å². The van der Waals surface area contributed by atoms with Crippen molar-refractivity contribution in [2.45, 2.75) is 25.8 Å². The molecule has 0 fully saturated rings. The lowest BCUT2D eigenvalue weighted by Crippen LogP contribution is -2.31. The minimum atomic E-state index is -0.160. The van der Waals surface area contributed by atoms with Gasteiger partial charge in [-0.05, 0) is 38.5 Å². The van der Waals surface area contributed by atoms with E-state index in [9.17, 15) is 0 Å². The average molecular weight is 244 g/mol. The number of hydrogen-bond acceptors (Lipinski definition) is 3. The van der Waals surface area contributed by atoms with Crippen molar-refractivity contribution in [3.63, 3.8) is 0 Å². The number of ether oxygens (including phenoxy) is 1. The van der Waals surface area contributed by atoms with Gasteiger partial charge in [-0.3, -0.25) is 0 Å². The van der Waals surface area contributed by atoms with Crippen molar-refractivity contribution in [3.05, 3.63) is 23.2 Å². The molecule has 16 heavy (non-hydrogen) atoms. The Morgan fingerprint density at radius 3 is 2.62 bits per heavy atom. The number of benzene rings is 1. The molecule has 0 aliphatic heterocycles. The molecular weight excluding hydrogens is 226 g/mol. The molecule has 0 unspecified atom stereocenters. The summed E-state index contributed by atoms with van der Waals surface area (Å²) in [4.78, 5) is 0. The Labute approximate surface area is 101 Å². The smallest absolute Gasteiger partial charge is 0.137 e. The molecule has 0 radical (unpaired) electrons. The van der Waals surface area contributed by atoms with E-state index in [1.807, 2.05) is 32.0 Å². The second-order valence-corrected chi connectivity index (χ2v) is 4.74. The highest BCUT2D eigenvalue weighted by atomic mass is 35.5. The fourth-order valence-corrected chi connectivity index (χ4v) is 1.73. The molecule has 4 heteroatoms. The van der Waals surface area contributed by atoms with Gasteiger partial charge in [0.05, 0.1) is 12.1 Å². The van der Waals surface area contributed by atoms with Crippen molar-refractivity contribution < 1.29 is 9.84 Å². The maximum Gasteiger partial charge on any atom is 0.137 e. The van der Waals surface area contributed by atoms with E-state index in [0.717, 1.165) is 5.69 Å². The molecule has 1 rings (SSSR count). The lowest BCUT2D eigenvalue weighted by atomic mass is 10.0. The zero-order valence-electron chi connectivity index (χ0n) is 9.88. The third-order valence-electron chi connectivity index (χ3n) is 2.37. The highest BCUT2D eigenvalue weighted by molar-refractivity contribution is 6.32. The van der Waals surface area contributed by atoms with Crippen LogP contribution in [0.1, 0.15) is 20.3 Å². The van der Waals surface area contributed by atoms with Crippen LogP contribution in [-0.4, -0.2) is 24.4 Å². The van der Waals surface area contributed by atoms with Crippen molar-refractivity contribution in [3.8, 4) is 5.75 Å². The molecule has 0 aliphatic carbocycles. The molecule has 0 atom stereocenters. The van der Waals surface area contributed by atoms with E-state index in [4.69, 9.17) is 21.4 Å². The number of nitrogens with one attached hydrogen (secondary N) is 1. The SMILES string of the molecule is COc1ccc(NC(C)(C)CCO)cc1Cl. The van der Waals surface area contributed by atoms with Gasteiger partial charge >= 0.3 is 0 Å². The number of hydrogen-bond donors (Lipinski definition) is 2. The average Bonchev–Trinajstić information content (AvgIpc) is 2.17. The van der Waals surface area contributed by atoms with E-state index >= 15 is 0 Å². The van der Waals surface area contributed by atoms with Crippen LogP contribution in [-0.2, 0) is 0 Å². The third-order valence-corrected chi connectivity index (χ3v) is 2.67. The molecule has 90 valence electrons. The van der Waals surface area contributed by atoms with E-state index in [0.29, 0.717) is 17.2 Å². The highest BCUT2D eigenvalue weighted by Crippen LogP contribution is 2.28. The van der Waals surface area contributed by atoms with Crippen LogP contribution >= 0.6 is 11.6 Å². The summed E-state index contributed by atoms with van der Waals surface area (Å²) in [6.07, 6.45) is 0.677. The molecule has 0 heterocycles. The minimum Gasteiger partial charge on any atom is -0.495 e. The van der Waals surface area contributed by atoms with Gasteiger partial charge in [0.25, 0.3) is 0 Å². The fourth-order valence-electron chi connectivity index (χ4n) is 1.48. The van der Waals surface area contributed by atoms with Crippen LogP contribution in [0.25, 0.3) is 0 Å². The molecule has 0 bridgehead atoms. The first kappa shape index (κ1) is 13.1. The number of aliphatic hydroxyl groups excluding tert-OH is 1. The first-order chi connectivity index (χ1) is 7.48. The fraction of sp³-hybridized carbons (Fsp3) is 0.500. The molecule has 0 amide bonds. The quantitative estimate of drug-likeness (QED) is 0.836. The molecule has 2 N–H and O–H groups in total. The Morgan fingerprint density at radius 2 is 2.12 bits per heavy atom. The monoisotopic (exact) mass is 243 g/mol. The topological polar surface area (TPSA) is 41.5 Å². The summed E-state index contributed by atoms with van der Waals surface area (Å²) in [5.74, 6) is 0.659. The molecule has 3 nitrogen and oxygen atoms in total. The Kier molecular flexibility index (Phi) is 4.44. The Hall–Kier alpha value is -0.930. The van der Waals surface area contributed by atoms with E-state index in [1.165, 1.54) is 0 Å². The molecule has 0 saturated carbocycles. The predicted molar refractivity (Wildman–Crippen MR) is 67.4 cm³/mol. The number of methoxy groups -OCH3 is 1. The Bertz CT molecular complexity index is 353. The predicted octanol–water partition coefficient (Wildman–Crippen LogP) is 2.92.